The number of carbonyl (C=O) groups is 1. The molecular weight excluding hydrogens is 492 g/mol. The van der Waals surface area contributed by atoms with Crippen molar-refractivity contribution in [1.82, 2.24) is 19.9 Å². The van der Waals surface area contributed by atoms with Gasteiger partial charge in [-0.05, 0) is 72.4 Å². The Hall–Kier alpha value is -4.46. The van der Waals surface area contributed by atoms with Crippen LogP contribution in [0.1, 0.15) is 15.9 Å². The fourth-order valence-corrected chi connectivity index (χ4v) is 4.83. The Morgan fingerprint density at radius 3 is 2.42 bits per heavy atom. The standard InChI is InChI=1S/C26H18N6O2S2/c1-34-17-7-2-14(3-8-17)22-19(13-27)25(32-26(35)31-22)36-18-9-4-15(5-10-18)24-29-20-11-6-16(23(28)33)12-21(20)30-24/h2-12H,1H3,(H2,28,33)(H,29,30)(H,31,32,35). The summed E-state index contributed by atoms with van der Waals surface area (Å²) in [6.07, 6.45) is 0. The van der Waals surface area contributed by atoms with E-state index in [1.165, 1.54) is 11.8 Å². The Morgan fingerprint density at radius 1 is 1.03 bits per heavy atom. The minimum absolute atomic E-state index is 0.288. The number of hydrogen-bond donors (Lipinski definition) is 3. The number of nitrogens with one attached hydrogen (secondary N) is 2. The molecule has 5 aromatic rings. The molecule has 8 nitrogen and oxygen atoms in total. The fourth-order valence-electron chi connectivity index (χ4n) is 3.70. The topological polar surface area (TPSA) is 133 Å². The van der Waals surface area contributed by atoms with Gasteiger partial charge in [-0.1, -0.05) is 23.9 Å². The van der Waals surface area contributed by atoms with Gasteiger partial charge in [-0.2, -0.15) is 5.26 Å². The highest BCUT2D eigenvalue weighted by atomic mass is 32.2. The molecule has 0 saturated carbocycles. The van der Waals surface area contributed by atoms with Crippen LogP contribution in [-0.2, 0) is 0 Å². The number of ether oxygens (including phenoxy) is 1. The molecule has 2 aromatic heterocycles. The van der Waals surface area contributed by atoms with E-state index in [0.717, 1.165) is 32.8 Å². The summed E-state index contributed by atoms with van der Waals surface area (Å²) in [6.45, 7) is 0. The minimum atomic E-state index is -0.490. The van der Waals surface area contributed by atoms with Gasteiger partial charge in [-0.3, -0.25) is 4.79 Å². The van der Waals surface area contributed by atoms with E-state index in [9.17, 15) is 10.1 Å². The molecule has 36 heavy (non-hydrogen) atoms. The van der Waals surface area contributed by atoms with Gasteiger partial charge in [0, 0.05) is 16.0 Å². The number of imidazole rings is 1. The van der Waals surface area contributed by atoms with Gasteiger partial charge in [-0.15, -0.1) is 0 Å². The van der Waals surface area contributed by atoms with Crippen LogP contribution in [0.15, 0.2) is 76.7 Å². The van der Waals surface area contributed by atoms with Crippen molar-refractivity contribution in [3.63, 3.8) is 0 Å². The molecule has 0 bridgehead atoms. The lowest BCUT2D eigenvalue weighted by atomic mass is 10.1. The number of amides is 1. The predicted molar refractivity (Wildman–Crippen MR) is 140 cm³/mol. The van der Waals surface area contributed by atoms with Crippen LogP contribution in [0.2, 0.25) is 0 Å². The van der Waals surface area contributed by atoms with E-state index in [0.29, 0.717) is 27.7 Å². The molecular formula is C26H18N6O2S2. The van der Waals surface area contributed by atoms with Crippen molar-refractivity contribution in [3.05, 3.63) is 82.6 Å². The Balaban J connectivity index is 1.44. The highest BCUT2D eigenvalue weighted by molar-refractivity contribution is 7.99. The third kappa shape index (κ3) is 4.57. The summed E-state index contributed by atoms with van der Waals surface area (Å²) >= 11 is 6.70. The second-order valence-corrected chi connectivity index (χ2v) is 9.19. The average molecular weight is 511 g/mol. The molecule has 5 rings (SSSR count). The maximum Gasteiger partial charge on any atom is 0.248 e. The number of H-pyrrole nitrogens is 2. The lowest BCUT2D eigenvalue weighted by molar-refractivity contribution is 0.100. The first-order valence-electron chi connectivity index (χ1n) is 10.7. The highest BCUT2D eigenvalue weighted by Crippen LogP contribution is 2.34. The lowest BCUT2D eigenvalue weighted by Crippen LogP contribution is -2.10. The first-order valence-corrected chi connectivity index (χ1v) is 11.9. The monoisotopic (exact) mass is 510 g/mol. The van der Waals surface area contributed by atoms with E-state index in [2.05, 4.69) is 26.0 Å². The van der Waals surface area contributed by atoms with Crippen LogP contribution >= 0.6 is 24.0 Å². The van der Waals surface area contributed by atoms with Crippen LogP contribution in [0, 0.1) is 16.1 Å². The van der Waals surface area contributed by atoms with Crippen LogP contribution in [0.25, 0.3) is 33.7 Å². The van der Waals surface area contributed by atoms with Crippen LogP contribution in [-0.4, -0.2) is 33.0 Å². The van der Waals surface area contributed by atoms with Gasteiger partial charge >= 0.3 is 0 Å². The number of methoxy groups -OCH3 is 1. The molecule has 10 heteroatoms. The Bertz CT molecular complexity index is 1700. The maximum absolute atomic E-state index is 11.5. The predicted octanol–water partition coefficient (Wildman–Crippen LogP) is 5.48. The number of hydrogen-bond acceptors (Lipinski definition) is 7. The number of aromatic amines is 2. The number of primary amides is 1. The summed E-state index contributed by atoms with van der Waals surface area (Å²) in [4.78, 5) is 27.6. The average Bonchev–Trinajstić information content (AvgIpc) is 3.32. The molecule has 2 heterocycles. The second-order valence-electron chi connectivity index (χ2n) is 7.75. The summed E-state index contributed by atoms with van der Waals surface area (Å²) in [6, 6.07) is 22.4. The van der Waals surface area contributed by atoms with Gasteiger partial charge in [0.1, 0.15) is 28.2 Å². The smallest absolute Gasteiger partial charge is 0.248 e. The highest BCUT2D eigenvalue weighted by Gasteiger charge is 2.15. The van der Waals surface area contributed by atoms with Gasteiger partial charge in [0.15, 0.2) is 4.77 Å². The van der Waals surface area contributed by atoms with Gasteiger partial charge in [0.25, 0.3) is 0 Å². The lowest BCUT2D eigenvalue weighted by Gasteiger charge is -2.10. The van der Waals surface area contributed by atoms with Crippen LogP contribution < -0.4 is 10.5 Å². The van der Waals surface area contributed by atoms with E-state index in [4.69, 9.17) is 22.7 Å². The molecule has 4 N–H and O–H groups in total. The normalized spacial score (nSPS) is 10.8. The summed E-state index contributed by atoms with van der Waals surface area (Å²) in [5.74, 6) is 0.899. The number of fused-ring (bicyclic) bond motifs is 1. The Labute approximate surface area is 215 Å². The zero-order valence-electron chi connectivity index (χ0n) is 18.9. The molecule has 0 aliphatic rings. The van der Waals surface area contributed by atoms with Crippen molar-refractivity contribution in [2.24, 2.45) is 5.73 Å². The van der Waals surface area contributed by atoms with E-state index >= 15 is 0 Å². The molecule has 176 valence electrons. The van der Waals surface area contributed by atoms with Crippen molar-refractivity contribution < 1.29 is 9.53 Å². The largest absolute Gasteiger partial charge is 0.497 e. The van der Waals surface area contributed by atoms with E-state index in [1.54, 1.807) is 25.3 Å². The minimum Gasteiger partial charge on any atom is -0.497 e. The molecule has 0 atom stereocenters. The zero-order chi connectivity index (χ0) is 25.2. The van der Waals surface area contributed by atoms with E-state index in [-0.39, 0.29) is 4.77 Å². The molecule has 1 amide bonds. The molecule has 0 aliphatic carbocycles. The van der Waals surface area contributed by atoms with Crippen LogP contribution in [0.3, 0.4) is 0 Å². The molecule has 0 saturated heterocycles. The van der Waals surface area contributed by atoms with Crippen molar-refractivity contribution in [2.45, 2.75) is 9.92 Å². The third-order valence-electron chi connectivity index (χ3n) is 5.50. The van der Waals surface area contributed by atoms with Gasteiger partial charge in [0.05, 0.1) is 23.8 Å². The number of nitriles is 1. The molecule has 0 radical (unpaired) electrons. The number of aromatic nitrogens is 4. The number of nitrogens with two attached hydrogens (primary N) is 1. The molecule has 0 fully saturated rings. The van der Waals surface area contributed by atoms with Gasteiger partial charge in [-0.25, -0.2) is 9.97 Å². The third-order valence-corrected chi connectivity index (χ3v) is 6.69. The first kappa shape index (κ1) is 23.3. The second kappa shape index (κ2) is 9.65. The molecule has 0 aliphatic heterocycles. The van der Waals surface area contributed by atoms with Crippen molar-refractivity contribution in [2.75, 3.05) is 7.11 Å². The fraction of sp³-hybridized carbons (Fsp3) is 0.0385. The van der Waals surface area contributed by atoms with Crippen LogP contribution in [0.4, 0.5) is 0 Å². The summed E-state index contributed by atoms with van der Waals surface area (Å²) in [7, 11) is 1.60. The SMILES string of the molecule is COc1ccc(-c2[nH]c(=S)nc(Sc3ccc(-c4nc5ccc(C(N)=O)cc5[nH]4)cc3)c2C#N)cc1. The maximum atomic E-state index is 11.5. The number of rotatable bonds is 6. The first-order chi connectivity index (χ1) is 17.4. The molecule has 0 unspecified atom stereocenters. The van der Waals surface area contributed by atoms with E-state index < -0.39 is 5.91 Å². The van der Waals surface area contributed by atoms with Crippen molar-refractivity contribution in [1.29, 1.82) is 5.26 Å². The number of benzene rings is 3. The van der Waals surface area contributed by atoms with E-state index in [1.807, 2.05) is 48.5 Å². The quantitative estimate of drug-likeness (QED) is 0.203. The summed E-state index contributed by atoms with van der Waals surface area (Å²) < 4.78 is 5.51. The number of carbonyl (C=O) groups excluding carboxylic acids is 1. The molecule has 0 spiro atoms. The summed E-state index contributed by atoms with van der Waals surface area (Å²) in [5, 5.41) is 10.4. The zero-order valence-corrected chi connectivity index (χ0v) is 20.5. The summed E-state index contributed by atoms with van der Waals surface area (Å²) in [5.41, 5.74) is 9.95. The Kier molecular flexibility index (Phi) is 6.25. The van der Waals surface area contributed by atoms with Gasteiger partial charge < -0.3 is 20.4 Å². The van der Waals surface area contributed by atoms with Gasteiger partial charge in [0.2, 0.25) is 5.91 Å². The number of nitrogens with zero attached hydrogens (tertiary/aromatic N) is 3. The van der Waals surface area contributed by atoms with Crippen molar-refractivity contribution in [3.8, 4) is 34.5 Å². The van der Waals surface area contributed by atoms with Crippen LogP contribution in [0.5, 0.6) is 5.75 Å². The van der Waals surface area contributed by atoms with Crippen molar-refractivity contribution >= 4 is 40.9 Å². The Morgan fingerprint density at radius 2 is 1.75 bits per heavy atom. The molecule has 3 aromatic carbocycles.